The fourth-order valence-corrected chi connectivity index (χ4v) is 3.39. The SMILES string of the molecule is Cc1cc(C)c(C(Cl)Cc2ccc(F)cc2)s1. The van der Waals surface area contributed by atoms with Crippen molar-refractivity contribution in [2.75, 3.05) is 0 Å². The van der Waals surface area contributed by atoms with E-state index < -0.39 is 0 Å². The van der Waals surface area contributed by atoms with Gasteiger partial charge in [0, 0.05) is 9.75 Å². The van der Waals surface area contributed by atoms with Gasteiger partial charge in [0.05, 0.1) is 5.38 Å². The van der Waals surface area contributed by atoms with Crippen molar-refractivity contribution in [1.29, 1.82) is 0 Å². The summed E-state index contributed by atoms with van der Waals surface area (Å²) >= 11 is 8.15. The Balaban J connectivity index is 2.14. The Morgan fingerprint density at radius 2 is 1.88 bits per heavy atom. The first-order chi connectivity index (χ1) is 8.06. The molecule has 0 aliphatic carbocycles. The van der Waals surface area contributed by atoms with Gasteiger partial charge >= 0.3 is 0 Å². The smallest absolute Gasteiger partial charge is 0.123 e. The molecule has 1 aromatic heterocycles. The first-order valence-corrected chi connectivity index (χ1v) is 6.77. The molecule has 1 atom stereocenters. The molecule has 0 spiro atoms. The van der Waals surface area contributed by atoms with E-state index in [-0.39, 0.29) is 11.2 Å². The Bertz CT molecular complexity index is 501. The lowest BCUT2D eigenvalue weighted by Crippen LogP contribution is -1.95. The molecule has 0 aliphatic rings. The van der Waals surface area contributed by atoms with Gasteiger partial charge in [-0.05, 0) is 49.6 Å². The molecule has 1 heterocycles. The lowest BCUT2D eigenvalue weighted by Gasteiger charge is -2.09. The van der Waals surface area contributed by atoms with Crippen LogP contribution in [0.1, 0.15) is 26.3 Å². The first-order valence-electron chi connectivity index (χ1n) is 5.51. The molecule has 0 bridgehead atoms. The van der Waals surface area contributed by atoms with Gasteiger partial charge in [0.25, 0.3) is 0 Å². The zero-order chi connectivity index (χ0) is 12.4. The van der Waals surface area contributed by atoms with Gasteiger partial charge in [-0.15, -0.1) is 22.9 Å². The molecular formula is C14H14ClFS. The van der Waals surface area contributed by atoms with E-state index in [1.807, 2.05) is 0 Å². The van der Waals surface area contributed by atoms with Gasteiger partial charge in [0.1, 0.15) is 5.82 Å². The molecular weight excluding hydrogens is 255 g/mol. The Morgan fingerprint density at radius 1 is 1.24 bits per heavy atom. The summed E-state index contributed by atoms with van der Waals surface area (Å²) in [7, 11) is 0. The van der Waals surface area contributed by atoms with Crippen LogP contribution in [0.3, 0.4) is 0 Å². The Kier molecular flexibility index (Phi) is 3.85. The summed E-state index contributed by atoms with van der Waals surface area (Å²) in [5, 5.41) is -0.0286. The van der Waals surface area contributed by atoms with Crippen molar-refractivity contribution >= 4 is 22.9 Å². The quantitative estimate of drug-likeness (QED) is 0.685. The van der Waals surface area contributed by atoms with Gasteiger partial charge in [0.2, 0.25) is 0 Å². The molecule has 0 amide bonds. The second-order valence-electron chi connectivity index (χ2n) is 4.20. The van der Waals surface area contributed by atoms with Crippen molar-refractivity contribution in [2.45, 2.75) is 25.6 Å². The molecule has 1 aromatic carbocycles. The van der Waals surface area contributed by atoms with Crippen molar-refractivity contribution in [1.82, 2.24) is 0 Å². The maximum Gasteiger partial charge on any atom is 0.123 e. The van der Waals surface area contributed by atoms with Crippen LogP contribution < -0.4 is 0 Å². The Labute approximate surface area is 110 Å². The lowest BCUT2D eigenvalue weighted by atomic mass is 10.1. The minimum Gasteiger partial charge on any atom is -0.207 e. The summed E-state index contributed by atoms with van der Waals surface area (Å²) < 4.78 is 12.8. The van der Waals surface area contributed by atoms with Gasteiger partial charge in [-0.3, -0.25) is 0 Å². The highest BCUT2D eigenvalue weighted by molar-refractivity contribution is 7.12. The summed E-state index contributed by atoms with van der Waals surface area (Å²) in [5.41, 5.74) is 2.31. The van der Waals surface area contributed by atoms with Crippen molar-refractivity contribution in [3.8, 4) is 0 Å². The fourth-order valence-electron chi connectivity index (χ4n) is 1.89. The molecule has 0 radical (unpaired) electrons. The van der Waals surface area contributed by atoms with Gasteiger partial charge in [0.15, 0.2) is 0 Å². The van der Waals surface area contributed by atoms with Gasteiger partial charge in [-0.25, -0.2) is 4.39 Å². The average molecular weight is 269 g/mol. The molecule has 0 N–H and O–H groups in total. The number of hydrogen-bond acceptors (Lipinski definition) is 1. The highest BCUT2D eigenvalue weighted by atomic mass is 35.5. The van der Waals surface area contributed by atoms with Crippen molar-refractivity contribution in [3.05, 3.63) is 57.0 Å². The molecule has 90 valence electrons. The standard InChI is InChI=1S/C14H14ClFS/c1-9-7-10(2)17-14(9)13(15)8-11-3-5-12(16)6-4-11/h3-7,13H,8H2,1-2H3. The normalized spacial score (nSPS) is 12.7. The predicted octanol–water partition coefficient (Wildman–Crippen LogP) is 5.03. The van der Waals surface area contributed by atoms with Crippen LogP contribution in [-0.2, 0) is 6.42 Å². The molecule has 2 aromatic rings. The highest BCUT2D eigenvalue weighted by Crippen LogP contribution is 2.33. The van der Waals surface area contributed by atoms with Crippen LogP contribution in [0.4, 0.5) is 4.39 Å². The zero-order valence-electron chi connectivity index (χ0n) is 9.84. The number of alkyl halides is 1. The summed E-state index contributed by atoms with van der Waals surface area (Å²) in [6.07, 6.45) is 0.739. The summed E-state index contributed by atoms with van der Waals surface area (Å²) in [6.45, 7) is 4.17. The molecule has 17 heavy (non-hydrogen) atoms. The van der Waals surface area contributed by atoms with E-state index in [9.17, 15) is 4.39 Å². The van der Waals surface area contributed by atoms with E-state index in [0.717, 1.165) is 12.0 Å². The van der Waals surface area contributed by atoms with Crippen molar-refractivity contribution < 1.29 is 4.39 Å². The molecule has 0 aliphatic heterocycles. The van der Waals surface area contributed by atoms with Crippen molar-refractivity contribution in [3.63, 3.8) is 0 Å². The summed E-state index contributed by atoms with van der Waals surface area (Å²) in [6, 6.07) is 8.69. The average Bonchev–Trinajstić information content (AvgIpc) is 2.61. The van der Waals surface area contributed by atoms with E-state index in [1.54, 1.807) is 23.5 Å². The van der Waals surface area contributed by atoms with Gasteiger partial charge in [-0.2, -0.15) is 0 Å². The molecule has 1 unspecified atom stereocenters. The van der Waals surface area contributed by atoms with E-state index in [2.05, 4.69) is 19.9 Å². The maximum absolute atomic E-state index is 12.8. The number of halogens is 2. The van der Waals surface area contributed by atoms with Crippen molar-refractivity contribution in [2.24, 2.45) is 0 Å². The topological polar surface area (TPSA) is 0 Å². The minimum atomic E-state index is -0.206. The van der Waals surface area contributed by atoms with Crippen LogP contribution in [0.15, 0.2) is 30.3 Å². The highest BCUT2D eigenvalue weighted by Gasteiger charge is 2.14. The lowest BCUT2D eigenvalue weighted by molar-refractivity contribution is 0.627. The Hall–Kier alpha value is -0.860. The minimum absolute atomic E-state index is 0.0286. The fraction of sp³-hybridized carbons (Fsp3) is 0.286. The number of rotatable bonds is 3. The monoisotopic (exact) mass is 268 g/mol. The third kappa shape index (κ3) is 3.08. The first kappa shape index (κ1) is 12.6. The van der Waals surface area contributed by atoms with Crippen LogP contribution in [0, 0.1) is 19.7 Å². The van der Waals surface area contributed by atoms with E-state index >= 15 is 0 Å². The zero-order valence-corrected chi connectivity index (χ0v) is 11.4. The van der Waals surface area contributed by atoms with E-state index in [1.165, 1.54) is 27.5 Å². The molecule has 0 fully saturated rings. The van der Waals surface area contributed by atoms with Crippen LogP contribution in [0.2, 0.25) is 0 Å². The largest absolute Gasteiger partial charge is 0.207 e. The van der Waals surface area contributed by atoms with Gasteiger partial charge < -0.3 is 0 Å². The molecule has 0 saturated heterocycles. The summed E-state index contributed by atoms with van der Waals surface area (Å²) in [4.78, 5) is 2.50. The van der Waals surface area contributed by atoms with Crippen LogP contribution >= 0.6 is 22.9 Å². The van der Waals surface area contributed by atoms with Crippen LogP contribution in [0.25, 0.3) is 0 Å². The van der Waals surface area contributed by atoms with E-state index in [4.69, 9.17) is 11.6 Å². The van der Waals surface area contributed by atoms with Crippen LogP contribution in [0.5, 0.6) is 0 Å². The molecule has 0 nitrogen and oxygen atoms in total. The predicted molar refractivity (Wildman–Crippen MR) is 72.5 cm³/mol. The second-order valence-corrected chi connectivity index (χ2v) is 6.02. The third-order valence-corrected chi connectivity index (χ3v) is 4.46. The summed E-state index contributed by atoms with van der Waals surface area (Å²) in [5.74, 6) is -0.206. The Morgan fingerprint density at radius 3 is 2.41 bits per heavy atom. The number of aryl methyl sites for hydroxylation is 2. The molecule has 3 heteroatoms. The number of benzene rings is 1. The van der Waals surface area contributed by atoms with E-state index in [0.29, 0.717) is 0 Å². The third-order valence-electron chi connectivity index (χ3n) is 2.69. The van der Waals surface area contributed by atoms with Gasteiger partial charge in [-0.1, -0.05) is 12.1 Å². The molecule has 2 rings (SSSR count). The van der Waals surface area contributed by atoms with Crippen LogP contribution in [-0.4, -0.2) is 0 Å². The molecule has 0 saturated carbocycles. The second kappa shape index (κ2) is 5.19. The maximum atomic E-state index is 12.8. The number of hydrogen-bond donors (Lipinski definition) is 0. The number of thiophene rings is 1.